The predicted molar refractivity (Wildman–Crippen MR) is 127 cm³/mol. The highest BCUT2D eigenvalue weighted by Gasteiger charge is 2.68. The zero-order valence-corrected chi connectivity index (χ0v) is 21.8. The number of rotatable bonds is 5. The van der Waals surface area contributed by atoms with E-state index in [-0.39, 0.29) is 29.5 Å². The van der Waals surface area contributed by atoms with E-state index in [9.17, 15) is 9.59 Å². The van der Waals surface area contributed by atoms with Crippen LogP contribution in [-0.4, -0.2) is 59.9 Å². The highest BCUT2D eigenvalue weighted by molar-refractivity contribution is 6.48. The second kappa shape index (κ2) is 8.44. The van der Waals surface area contributed by atoms with E-state index in [1.165, 1.54) is 6.42 Å². The van der Waals surface area contributed by atoms with Crippen LogP contribution in [0.4, 0.5) is 4.79 Å². The highest BCUT2D eigenvalue weighted by Crippen LogP contribution is 2.64. The second-order valence-electron chi connectivity index (χ2n) is 12.7. The van der Waals surface area contributed by atoms with E-state index in [0.29, 0.717) is 23.8 Å². The van der Waals surface area contributed by atoms with Gasteiger partial charge in [0.1, 0.15) is 11.6 Å². The molecule has 2 heterocycles. The van der Waals surface area contributed by atoms with Crippen molar-refractivity contribution in [3.63, 3.8) is 0 Å². The molecule has 5 rings (SSSR count). The molecular weight excluding hydrogens is 419 g/mol. The molecule has 7 nitrogen and oxygen atoms in total. The Bertz CT molecular complexity index is 783. The zero-order chi connectivity index (χ0) is 24.3. The summed E-state index contributed by atoms with van der Waals surface area (Å²) in [6.07, 6.45) is 4.32. The van der Waals surface area contributed by atoms with Crippen LogP contribution in [0.2, 0.25) is 0 Å². The number of nitrogens with one attached hydrogen (secondary N) is 1. The highest BCUT2D eigenvalue weighted by atomic mass is 16.7. The maximum Gasteiger partial charge on any atom is 0.481 e. The molecule has 2 bridgehead atoms. The van der Waals surface area contributed by atoms with Crippen molar-refractivity contribution >= 4 is 19.1 Å². The predicted octanol–water partition coefficient (Wildman–Crippen LogP) is 4.18. The SMILES string of the molecule is CC[C@H](C)[C@H](NC(=O)OC(C)(C)C)C(=O)N1CCC[C@H]1B1O[C@@H]2[C@@H]3C[C@H](C[C@]2(C)O1)C3(C)C. The van der Waals surface area contributed by atoms with Gasteiger partial charge in [0, 0.05) is 6.54 Å². The molecular formula is C25H43BN2O5. The van der Waals surface area contributed by atoms with E-state index in [4.69, 9.17) is 14.0 Å². The topological polar surface area (TPSA) is 77.1 Å². The molecule has 3 aliphatic carbocycles. The summed E-state index contributed by atoms with van der Waals surface area (Å²) >= 11 is 0. The number of alkyl carbamates (subject to hydrolysis) is 1. The first-order valence-electron chi connectivity index (χ1n) is 12.9. The zero-order valence-electron chi connectivity index (χ0n) is 21.8. The molecule has 0 radical (unpaired) electrons. The number of hydrogen-bond donors (Lipinski definition) is 1. The third-order valence-corrected chi connectivity index (χ3v) is 8.88. The lowest BCUT2D eigenvalue weighted by atomic mass is 9.45. The normalized spacial score (nSPS) is 36.6. The van der Waals surface area contributed by atoms with Gasteiger partial charge in [0.25, 0.3) is 0 Å². The Morgan fingerprint density at radius 1 is 1.27 bits per heavy atom. The Morgan fingerprint density at radius 2 is 1.97 bits per heavy atom. The summed E-state index contributed by atoms with van der Waals surface area (Å²) in [5, 5.41) is 2.86. The third kappa shape index (κ3) is 4.42. The fraction of sp³-hybridized carbons (Fsp3) is 0.920. The molecule has 0 unspecified atom stereocenters. The van der Waals surface area contributed by atoms with Crippen LogP contribution in [0.25, 0.3) is 0 Å². The summed E-state index contributed by atoms with van der Waals surface area (Å²) < 4.78 is 18.6. The fourth-order valence-electron chi connectivity index (χ4n) is 6.55. The van der Waals surface area contributed by atoms with E-state index in [0.717, 1.165) is 25.7 Å². The van der Waals surface area contributed by atoms with Crippen molar-refractivity contribution in [1.29, 1.82) is 0 Å². The number of amides is 2. The monoisotopic (exact) mass is 462 g/mol. The lowest BCUT2D eigenvalue weighted by Gasteiger charge is -2.63. The van der Waals surface area contributed by atoms with Gasteiger partial charge in [-0.2, -0.15) is 0 Å². The van der Waals surface area contributed by atoms with Crippen molar-refractivity contribution in [3.8, 4) is 0 Å². The lowest BCUT2D eigenvalue weighted by molar-refractivity contribution is -0.185. The summed E-state index contributed by atoms with van der Waals surface area (Å²) in [5.74, 6) is 1.00. The molecule has 2 aliphatic heterocycles. The van der Waals surface area contributed by atoms with Crippen molar-refractivity contribution in [2.75, 3.05) is 6.54 Å². The summed E-state index contributed by atoms with van der Waals surface area (Å²) in [6.45, 7) is 17.1. The van der Waals surface area contributed by atoms with Gasteiger partial charge in [-0.05, 0) is 76.5 Å². The molecule has 0 spiro atoms. The summed E-state index contributed by atoms with van der Waals surface area (Å²) in [7, 11) is -0.402. The molecule has 0 aromatic rings. The summed E-state index contributed by atoms with van der Waals surface area (Å²) in [5.41, 5.74) is -0.586. The minimum Gasteiger partial charge on any atom is -0.444 e. The van der Waals surface area contributed by atoms with Crippen LogP contribution in [0.5, 0.6) is 0 Å². The maximum absolute atomic E-state index is 13.7. The molecule has 33 heavy (non-hydrogen) atoms. The molecule has 1 N–H and O–H groups in total. The maximum atomic E-state index is 13.7. The van der Waals surface area contributed by atoms with E-state index in [1.807, 2.05) is 39.5 Å². The van der Waals surface area contributed by atoms with Crippen LogP contribution in [0, 0.1) is 23.2 Å². The smallest absolute Gasteiger partial charge is 0.444 e. The van der Waals surface area contributed by atoms with Gasteiger partial charge in [0.15, 0.2) is 0 Å². The van der Waals surface area contributed by atoms with Crippen LogP contribution in [0.15, 0.2) is 0 Å². The Balaban J connectivity index is 1.48. The van der Waals surface area contributed by atoms with Crippen molar-refractivity contribution < 1.29 is 23.6 Å². The Labute approximate surface area is 199 Å². The summed E-state index contributed by atoms with van der Waals surface area (Å²) in [6, 6.07) is -0.628. The number of nitrogens with zero attached hydrogens (tertiary/aromatic N) is 1. The third-order valence-electron chi connectivity index (χ3n) is 8.88. The molecule has 0 aromatic heterocycles. The van der Waals surface area contributed by atoms with Gasteiger partial charge in [-0.1, -0.05) is 34.1 Å². The van der Waals surface area contributed by atoms with Gasteiger partial charge in [-0.3, -0.25) is 4.79 Å². The molecule has 3 saturated carbocycles. The number of carbonyl (C=O) groups excluding carboxylic acids is 2. The second-order valence-corrected chi connectivity index (χ2v) is 12.7. The van der Waals surface area contributed by atoms with Crippen LogP contribution in [0.1, 0.15) is 87.5 Å². The molecule has 5 aliphatic rings. The van der Waals surface area contributed by atoms with Gasteiger partial charge in [0.2, 0.25) is 5.91 Å². The van der Waals surface area contributed by atoms with Crippen LogP contribution in [-0.2, 0) is 18.8 Å². The van der Waals surface area contributed by atoms with Crippen LogP contribution in [0.3, 0.4) is 0 Å². The van der Waals surface area contributed by atoms with Crippen molar-refractivity contribution in [2.24, 2.45) is 23.2 Å². The first-order chi connectivity index (χ1) is 15.3. The van der Waals surface area contributed by atoms with Crippen LogP contribution >= 0.6 is 0 Å². The first-order valence-corrected chi connectivity index (χ1v) is 12.9. The summed E-state index contributed by atoms with van der Waals surface area (Å²) in [4.78, 5) is 28.1. The lowest BCUT2D eigenvalue weighted by Crippen LogP contribution is -2.63. The van der Waals surface area contributed by atoms with Gasteiger partial charge in [0.05, 0.1) is 17.6 Å². The minimum atomic E-state index is -0.628. The first kappa shape index (κ1) is 24.8. The Kier molecular flexibility index (Phi) is 6.35. The van der Waals surface area contributed by atoms with Crippen molar-refractivity contribution in [1.82, 2.24) is 10.2 Å². The quantitative estimate of drug-likeness (QED) is 0.621. The number of carbonyl (C=O) groups is 2. The van der Waals surface area contributed by atoms with E-state index in [1.54, 1.807) is 0 Å². The van der Waals surface area contributed by atoms with Gasteiger partial charge in [-0.25, -0.2) is 4.79 Å². The molecule has 5 fully saturated rings. The van der Waals surface area contributed by atoms with Gasteiger partial charge in [-0.15, -0.1) is 0 Å². The molecule has 2 amide bonds. The number of hydrogen-bond acceptors (Lipinski definition) is 5. The van der Waals surface area contributed by atoms with Gasteiger partial charge >= 0.3 is 13.2 Å². The standard InChI is InChI=1S/C25H43BN2O5/c1-9-15(2)19(27-22(30)31-23(3,4)5)21(29)28-12-10-11-18(28)26-32-20-17-13-16(24(17,6)7)14-25(20,8)33-26/h15-20H,9-14H2,1-8H3,(H,27,30)/t15-,16+,17-,18-,19-,20+,25-/m0/s1. The van der Waals surface area contributed by atoms with E-state index in [2.05, 4.69) is 26.1 Å². The van der Waals surface area contributed by atoms with E-state index >= 15 is 0 Å². The largest absolute Gasteiger partial charge is 0.481 e. The molecule has 8 heteroatoms. The van der Waals surface area contributed by atoms with E-state index < -0.39 is 24.9 Å². The molecule has 2 saturated heterocycles. The average molecular weight is 462 g/mol. The molecule has 0 aromatic carbocycles. The van der Waals surface area contributed by atoms with Gasteiger partial charge < -0.3 is 24.3 Å². The van der Waals surface area contributed by atoms with Crippen LogP contribution < -0.4 is 5.32 Å². The number of likely N-dealkylation sites (tertiary alicyclic amines) is 1. The number of ether oxygens (including phenoxy) is 1. The van der Waals surface area contributed by atoms with Crippen molar-refractivity contribution in [2.45, 2.75) is 117 Å². The minimum absolute atomic E-state index is 0.00944. The van der Waals surface area contributed by atoms with Crippen molar-refractivity contribution in [3.05, 3.63) is 0 Å². The Hall–Kier alpha value is -1.28. The molecule has 7 atom stereocenters. The fourth-order valence-corrected chi connectivity index (χ4v) is 6.55. The average Bonchev–Trinajstić information content (AvgIpc) is 3.33. The Morgan fingerprint density at radius 3 is 2.58 bits per heavy atom. The molecule has 186 valence electrons.